The Morgan fingerprint density at radius 2 is 2.12 bits per heavy atom. The van der Waals surface area contributed by atoms with Gasteiger partial charge in [-0.1, -0.05) is 29.8 Å². The van der Waals surface area contributed by atoms with Gasteiger partial charge in [-0.2, -0.15) is 0 Å². The molecule has 1 aromatic rings. The maximum atomic E-state index is 12.0. The van der Waals surface area contributed by atoms with Crippen LogP contribution < -0.4 is 5.32 Å². The highest BCUT2D eigenvalue weighted by molar-refractivity contribution is 9.09. The minimum absolute atomic E-state index is 0.0625. The number of nitrogens with one attached hydrogen (secondary N) is 1. The predicted molar refractivity (Wildman–Crippen MR) is 68.1 cm³/mol. The molecule has 1 aromatic heterocycles. The normalized spacial score (nSPS) is 12.9. The van der Waals surface area contributed by atoms with Gasteiger partial charge in [0.05, 0.1) is 5.56 Å². The molecule has 0 aliphatic carbocycles. The van der Waals surface area contributed by atoms with E-state index in [-0.39, 0.29) is 11.9 Å². The van der Waals surface area contributed by atoms with E-state index in [2.05, 4.69) is 35.1 Å². The van der Waals surface area contributed by atoms with Crippen molar-refractivity contribution < 1.29 is 9.21 Å². The number of carbonyl (C=O) groups is 1. The van der Waals surface area contributed by atoms with Crippen LogP contribution in [0, 0.1) is 19.8 Å². The van der Waals surface area contributed by atoms with E-state index in [9.17, 15) is 4.79 Å². The third-order valence-electron chi connectivity index (χ3n) is 2.57. The molecule has 16 heavy (non-hydrogen) atoms. The first-order valence-corrected chi connectivity index (χ1v) is 6.51. The van der Waals surface area contributed by atoms with Gasteiger partial charge in [-0.15, -0.1) is 0 Å². The van der Waals surface area contributed by atoms with Crippen molar-refractivity contribution in [2.24, 2.45) is 5.92 Å². The molecule has 1 N–H and O–H groups in total. The lowest BCUT2D eigenvalue weighted by molar-refractivity contribution is 0.0930. The van der Waals surface area contributed by atoms with E-state index in [0.717, 1.165) is 11.1 Å². The molecule has 90 valence electrons. The lowest BCUT2D eigenvalue weighted by atomic mass is 10.1. The van der Waals surface area contributed by atoms with Crippen LogP contribution in [0.15, 0.2) is 10.5 Å². The van der Waals surface area contributed by atoms with E-state index in [4.69, 9.17) is 4.42 Å². The average Bonchev–Trinajstić information content (AvgIpc) is 2.53. The summed E-state index contributed by atoms with van der Waals surface area (Å²) in [7, 11) is 0. The number of carbonyl (C=O) groups excluding carboxylic acids is 1. The second-order valence-electron chi connectivity index (χ2n) is 4.31. The highest BCUT2D eigenvalue weighted by atomic mass is 79.9. The zero-order valence-electron chi connectivity index (χ0n) is 10.1. The van der Waals surface area contributed by atoms with Gasteiger partial charge in [-0.25, -0.2) is 0 Å². The fourth-order valence-corrected chi connectivity index (χ4v) is 2.40. The number of hydrogen-bond acceptors (Lipinski definition) is 2. The van der Waals surface area contributed by atoms with E-state index in [0.29, 0.717) is 17.2 Å². The van der Waals surface area contributed by atoms with Crippen LogP contribution in [-0.4, -0.2) is 17.3 Å². The van der Waals surface area contributed by atoms with Crippen LogP contribution in [0.4, 0.5) is 0 Å². The van der Waals surface area contributed by atoms with Crippen molar-refractivity contribution in [3.63, 3.8) is 0 Å². The van der Waals surface area contributed by atoms with Crippen LogP contribution in [0.1, 0.15) is 35.7 Å². The van der Waals surface area contributed by atoms with Gasteiger partial charge in [0.1, 0.15) is 11.5 Å². The summed E-state index contributed by atoms with van der Waals surface area (Å²) >= 11 is 3.40. The van der Waals surface area contributed by atoms with Crippen molar-refractivity contribution >= 4 is 21.8 Å². The molecule has 0 fully saturated rings. The Balaban J connectivity index is 2.75. The van der Waals surface area contributed by atoms with E-state index < -0.39 is 0 Å². The van der Waals surface area contributed by atoms with E-state index in [1.807, 2.05) is 6.92 Å². The molecule has 0 spiro atoms. The third-order valence-corrected chi connectivity index (χ3v) is 3.27. The SMILES string of the molecule is Cc1cc(C(=O)NC(CBr)C(C)C)c(C)o1. The molecular weight excluding hydrogens is 270 g/mol. The van der Waals surface area contributed by atoms with Crippen molar-refractivity contribution in [1.29, 1.82) is 0 Å². The second kappa shape index (κ2) is 5.53. The first-order chi connectivity index (χ1) is 7.45. The Hall–Kier alpha value is -0.770. The summed E-state index contributed by atoms with van der Waals surface area (Å²) in [5.41, 5.74) is 0.629. The summed E-state index contributed by atoms with van der Waals surface area (Å²) in [5, 5.41) is 3.75. The molecule has 0 aliphatic heterocycles. The van der Waals surface area contributed by atoms with Gasteiger partial charge in [0, 0.05) is 11.4 Å². The first kappa shape index (κ1) is 13.3. The Bertz CT molecular complexity index is 371. The minimum Gasteiger partial charge on any atom is -0.466 e. The highest BCUT2D eigenvalue weighted by Gasteiger charge is 2.19. The summed E-state index contributed by atoms with van der Waals surface area (Å²) in [6, 6.07) is 1.91. The van der Waals surface area contributed by atoms with Crippen LogP contribution in [0.3, 0.4) is 0 Å². The molecule has 0 saturated heterocycles. The minimum atomic E-state index is -0.0625. The monoisotopic (exact) mass is 287 g/mol. The molecule has 3 nitrogen and oxygen atoms in total. The molecule has 0 aromatic carbocycles. The molecule has 0 bridgehead atoms. The van der Waals surface area contributed by atoms with Crippen LogP contribution in [0.25, 0.3) is 0 Å². The Kier molecular flexibility index (Phi) is 4.59. The highest BCUT2D eigenvalue weighted by Crippen LogP contribution is 2.14. The van der Waals surface area contributed by atoms with Gasteiger partial charge < -0.3 is 9.73 Å². The molecule has 1 heterocycles. The summed E-state index contributed by atoms with van der Waals surface area (Å²) in [5.74, 6) is 1.78. The molecule has 1 unspecified atom stereocenters. The van der Waals surface area contributed by atoms with Crippen molar-refractivity contribution in [3.05, 3.63) is 23.2 Å². The lowest BCUT2D eigenvalue weighted by Crippen LogP contribution is -2.39. The lowest BCUT2D eigenvalue weighted by Gasteiger charge is -2.19. The van der Waals surface area contributed by atoms with Gasteiger partial charge in [0.25, 0.3) is 5.91 Å². The van der Waals surface area contributed by atoms with Crippen LogP contribution >= 0.6 is 15.9 Å². The van der Waals surface area contributed by atoms with E-state index in [1.54, 1.807) is 13.0 Å². The van der Waals surface area contributed by atoms with Crippen molar-refractivity contribution in [3.8, 4) is 0 Å². The van der Waals surface area contributed by atoms with Crippen LogP contribution in [-0.2, 0) is 0 Å². The second-order valence-corrected chi connectivity index (χ2v) is 4.95. The number of alkyl halides is 1. The summed E-state index contributed by atoms with van der Waals surface area (Å²) in [6.45, 7) is 7.81. The molecule has 0 aliphatic rings. The average molecular weight is 288 g/mol. The van der Waals surface area contributed by atoms with Crippen molar-refractivity contribution in [1.82, 2.24) is 5.32 Å². The molecule has 0 saturated carbocycles. The number of furan rings is 1. The van der Waals surface area contributed by atoms with Gasteiger partial charge in [0.15, 0.2) is 0 Å². The number of rotatable bonds is 4. The maximum absolute atomic E-state index is 12.0. The van der Waals surface area contributed by atoms with Gasteiger partial charge >= 0.3 is 0 Å². The van der Waals surface area contributed by atoms with Crippen LogP contribution in [0.2, 0.25) is 0 Å². The van der Waals surface area contributed by atoms with Gasteiger partial charge in [-0.05, 0) is 25.8 Å². The Morgan fingerprint density at radius 3 is 2.50 bits per heavy atom. The largest absolute Gasteiger partial charge is 0.466 e. The smallest absolute Gasteiger partial charge is 0.255 e. The van der Waals surface area contributed by atoms with Crippen molar-refractivity contribution in [2.75, 3.05) is 5.33 Å². The van der Waals surface area contributed by atoms with Crippen molar-refractivity contribution in [2.45, 2.75) is 33.7 Å². The quantitative estimate of drug-likeness (QED) is 0.865. The van der Waals surface area contributed by atoms with Gasteiger partial charge in [0.2, 0.25) is 0 Å². The van der Waals surface area contributed by atoms with Gasteiger partial charge in [-0.3, -0.25) is 4.79 Å². The zero-order valence-corrected chi connectivity index (χ0v) is 11.7. The number of hydrogen-bond donors (Lipinski definition) is 1. The number of aryl methyl sites for hydroxylation is 2. The third kappa shape index (κ3) is 3.11. The summed E-state index contributed by atoms with van der Waals surface area (Å²) < 4.78 is 5.34. The fourth-order valence-electron chi connectivity index (χ4n) is 1.49. The Morgan fingerprint density at radius 1 is 1.50 bits per heavy atom. The zero-order chi connectivity index (χ0) is 12.3. The number of halogens is 1. The van der Waals surface area contributed by atoms with Crippen LogP contribution in [0.5, 0.6) is 0 Å². The molecular formula is C12H18BrNO2. The molecule has 1 rings (SSSR count). The van der Waals surface area contributed by atoms with E-state index >= 15 is 0 Å². The summed E-state index contributed by atoms with van der Waals surface area (Å²) in [6.07, 6.45) is 0. The molecule has 4 heteroatoms. The fraction of sp³-hybridized carbons (Fsp3) is 0.583. The standard InChI is InChI=1S/C12H18BrNO2/c1-7(2)11(6-13)14-12(15)10-5-8(3)16-9(10)4/h5,7,11H,6H2,1-4H3,(H,14,15). The van der Waals surface area contributed by atoms with E-state index in [1.165, 1.54) is 0 Å². The molecule has 1 atom stereocenters. The Labute approximate surface area is 105 Å². The summed E-state index contributed by atoms with van der Waals surface area (Å²) in [4.78, 5) is 12.0. The topological polar surface area (TPSA) is 42.2 Å². The maximum Gasteiger partial charge on any atom is 0.255 e. The molecule has 0 radical (unpaired) electrons. The number of amides is 1. The predicted octanol–water partition coefficient (Wildman–Crippen LogP) is 3.05. The first-order valence-electron chi connectivity index (χ1n) is 5.39. The molecule has 1 amide bonds.